The second kappa shape index (κ2) is 4.79. The molecule has 0 saturated carbocycles. The first-order valence-corrected chi connectivity index (χ1v) is 5.70. The Kier molecular flexibility index (Phi) is 3.59. The van der Waals surface area contributed by atoms with E-state index in [0.29, 0.717) is 23.2 Å². The van der Waals surface area contributed by atoms with Gasteiger partial charge in [-0.15, -0.1) is 0 Å². The predicted molar refractivity (Wildman–Crippen MR) is 59.6 cm³/mol. The van der Waals surface area contributed by atoms with Gasteiger partial charge in [-0.1, -0.05) is 6.07 Å². The predicted octanol–water partition coefficient (Wildman–Crippen LogP) is 2.43. The van der Waals surface area contributed by atoms with Gasteiger partial charge in [-0.3, -0.25) is 0 Å². The summed E-state index contributed by atoms with van der Waals surface area (Å²) in [6.45, 7) is 1.22. The van der Waals surface area contributed by atoms with Gasteiger partial charge in [0.15, 0.2) is 0 Å². The van der Waals surface area contributed by atoms with E-state index in [4.69, 9.17) is 14.2 Å². The van der Waals surface area contributed by atoms with Crippen molar-refractivity contribution in [1.29, 1.82) is 0 Å². The van der Waals surface area contributed by atoms with Crippen LogP contribution in [0, 0.1) is 5.82 Å². The zero-order valence-electron chi connectivity index (χ0n) is 8.83. The van der Waals surface area contributed by atoms with Gasteiger partial charge < -0.3 is 14.2 Å². The number of hydrogen-bond donors (Lipinski definition) is 0. The van der Waals surface area contributed by atoms with Crippen LogP contribution in [0.5, 0.6) is 0 Å². The van der Waals surface area contributed by atoms with E-state index in [0.717, 1.165) is 0 Å². The minimum Gasteiger partial charge on any atom is -0.379 e. The van der Waals surface area contributed by atoms with E-state index >= 15 is 0 Å². The monoisotopic (exact) mass is 290 g/mol. The van der Waals surface area contributed by atoms with Crippen molar-refractivity contribution in [1.82, 2.24) is 0 Å². The van der Waals surface area contributed by atoms with Gasteiger partial charge in [0.05, 0.1) is 17.7 Å². The van der Waals surface area contributed by atoms with Crippen LogP contribution < -0.4 is 0 Å². The fourth-order valence-corrected chi connectivity index (χ4v) is 1.96. The molecular weight excluding hydrogens is 279 g/mol. The van der Waals surface area contributed by atoms with Crippen LogP contribution >= 0.6 is 15.9 Å². The van der Waals surface area contributed by atoms with Gasteiger partial charge in [0.2, 0.25) is 5.79 Å². The van der Waals surface area contributed by atoms with E-state index in [1.54, 1.807) is 19.2 Å². The van der Waals surface area contributed by atoms with Gasteiger partial charge in [-0.2, -0.15) is 0 Å². The first-order chi connectivity index (χ1) is 7.68. The summed E-state index contributed by atoms with van der Waals surface area (Å²) in [6.07, 6.45) is 0. The second-order valence-electron chi connectivity index (χ2n) is 3.51. The van der Waals surface area contributed by atoms with Gasteiger partial charge in [-0.05, 0) is 28.1 Å². The lowest BCUT2D eigenvalue weighted by molar-refractivity contribution is -0.197. The van der Waals surface area contributed by atoms with Gasteiger partial charge in [0.1, 0.15) is 12.4 Å². The lowest BCUT2D eigenvalue weighted by Gasteiger charge is -2.26. The van der Waals surface area contributed by atoms with Crippen LogP contribution in [0.15, 0.2) is 22.7 Å². The molecule has 0 aromatic heterocycles. The molecule has 0 atom stereocenters. The van der Waals surface area contributed by atoms with Crippen molar-refractivity contribution in [2.45, 2.75) is 5.79 Å². The van der Waals surface area contributed by atoms with Crippen molar-refractivity contribution >= 4 is 15.9 Å². The average Bonchev–Trinajstić information content (AvgIpc) is 2.72. The smallest absolute Gasteiger partial charge is 0.219 e. The highest BCUT2D eigenvalue weighted by Crippen LogP contribution is 2.33. The van der Waals surface area contributed by atoms with Gasteiger partial charge >= 0.3 is 0 Å². The van der Waals surface area contributed by atoms with Crippen LogP contribution in [0.1, 0.15) is 5.56 Å². The van der Waals surface area contributed by atoms with E-state index < -0.39 is 5.79 Å². The Labute approximate surface area is 102 Å². The molecule has 0 radical (unpaired) electrons. The Morgan fingerprint density at radius 3 is 2.69 bits per heavy atom. The Morgan fingerprint density at radius 2 is 2.12 bits per heavy atom. The molecule has 16 heavy (non-hydrogen) atoms. The zero-order valence-corrected chi connectivity index (χ0v) is 10.4. The summed E-state index contributed by atoms with van der Waals surface area (Å²) >= 11 is 3.11. The molecule has 2 rings (SSSR count). The fraction of sp³-hybridized carbons (Fsp3) is 0.455. The van der Waals surface area contributed by atoms with Crippen molar-refractivity contribution in [3.8, 4) is 0 Å². The highest BCUT2D eigenvalue weighted by molar-refractivity contribution is 9.10. The molecule has 1 aromatic rings. The summed E-state index contributed by atoms with van der Waals surface area (Å²) < 4.78 is 30.0. The van der Waals surface area contributed by atoms with Crippen molar-refractivity contribution in [2.24, 2.45) is 0 Å². The molecule has 3 nitrogen and oxygen atoms in total. The number of methoxy groups -OCH3 is 1. The maximum atomic E-state index is 13.4. The molecule has 1 aromatic carbocycles. The van der Waals surface area contributed by atoms with Crippen LogP contribution in [-0.2, 0) is 20.0 Å². The molecule has 0 unspecified atom stereocenters. The second-order valence-corrected chi connectivity index (χ2v) is 4.37. The summed E-state index contributed by atoms with van der Waals surface area (Å²) in [4.78, 5) is 0. The Morgan fingerprint density at radius 1 is 1.44 bits per heavy atom. The third-order valence-electron chi connectivity index (χ3n) is 2.45. The fourth-order valence-electron chi connectivity index (χ4n) is 1.71. The molecule has 0 N–H and O–H groups in total. The van der Waals surface area contributed by atoms with Gasteiger partial charge in [0, 0.05) is 12.7 Å². The normalized spacial score (nSPS) is 18.9. The largest absolute Gasteiger partial charge is 0.379 e. The number of halogens is 2. The lowest BCUT2D eigenvalue weighted by Crippen LogP contribution is -2.32. The lowest BCUT2D eigenvalue weighted by atomic mass is 10.1. The molecule has 88 valence electrons. The highest BCUT2D eigenvalue weighted by Gasteiger charge is 2.39. The number of benzene rings is 1. The highest BCUT2D eigenvalue weighted by atomic mass is 79.9. The molecule has 0 bridgehead atoms. The van der Waals surface area contributed by atoms with Crippen LogP contribution in [-0.4, -0.2) is 26.9 Å². The zero-order chi connectivity index (χ0) is 11.6. The van der Waals surface area contributed by atoms with Crippen LogP contribution in [0.2, 0.25) is 0 Å². The van der Waals surface area contributed by atoms with E-state index in [1.165, 1.54) is 6.07 Å². The van der Waals surface area contributed by atoms with E-state index in [-0.39, 0.29) is 12.4 Å². The van der Waals surface area contributed by atoms with E-state index in [9.17, 15) is 4.39 Å². The first kappa shape index (κ1) is 12.0. The van der Waals surface area contributed by atoms with Crippen LogP contribution in [0.3, 0.4) is 0 Å². The quantitative estimate of drug-likeness (QED) is 0.856. The maximum absolute atomic E-state index is 13.4. The molecule has 0 aliphatic carbocycles. The molecular formula is C11H12BrFO3. The number of rotatable bonds is 3. The minimum absolute atomic E-state index is 0.244. The molecule has 5 heteroatoms. The van der Waals surface area contributed by atoms with Crippen molar-refractivity contribution in [3.63, 3.8) is 0 Å². The van der Waals surface area contributed by atoms with E-state index in [1.807, 2.05) is 0 Å². The van der Waals surface area contributed by atoms with Gasteiger partial charge in [-0.25, -0.2) is 4.39 Å². The van der Waals surface area contributed by atoms with Crippen molar-refractivity contribution in [2.75, 3.05) is 26.9 Å². The van der Waals surface area contributed by atoms with Crippen LogP contribution in [0.4, 0.5) is 4.39 Å². The number of ether oxygens (including phenoxy) is 3. The Balaban J connectivity index is 2.35. The maximum Gasteiger partial charge on any atom is 0.219 e. The number of hydrogen-bond acceptors (Lipinski definition) is 3. The van der Waals surface area contributed by atoms with Gasteiger partial charge in [0.25, 0.3) is 0 Å². The molecule has 1 aliphatic rings. The SMILES string of the molecule is COCC1(c2ccc(Br)c(F)c2)OCCO1. The third kappa shape index (κ3) is 2.13. The Bertz CT molecular complexity index is 377. The van der Waals surface area contributed by atoms with Crippen LogP contribution in [0.25, 0.3) is 0 Å². The summed E-state index contributed by atoms with van der Waals surface area (Å²) in [5.74, 6) is -1.30. The first-order valence-electron chi connectivity index (χ1n) is 4.90. The average molecular weight is 291 g/mol. The van der Waals surface area contributed by atoms with Crippen molar-refractivity contribution in [3.05, 3.63) is 34.1 Å². The molecule has 0 spiro atoms. The summed E-state index contributed by atoms with van der Waals surface area (Å²) in [7, 11) is 1.56. The minimum atomic E-state index is -0.962. The topological polar surface area (TPSA) is 27.7 Å². The van der Waals surface area contributed by atoms with E-state index in [2.05, 4.69) is 15.9 Å². The molecule has 1 aliphatic heterocycles. The summed E-state index contributed by atoms with van der Waals surface area (Å²) in [5, 5.41) is 0. The molecule has 1 fully saturated rings. The molecule has 1 saturated heterocycles. The summed E-state index contributed by atoms with van der Waals surface area (Å²) in [5.41, 5.74) is 0.632. The standard InChI is InChI=1S/C11H12BrFO3/c1-14-7-11(15-4-5-16-11)8-2-3-9(12)10(13)6-8/h2-3,6H,4-5,7H2,1H3. The Hall–Kier alpha value is -0.490. The summed E-state index contributed by atoms with van der Waals surface area (Å²) in [6, 6.07) is 4.79. The molecule has 0 amide bonds. The molecule has 1 heterocycles. The third-order valence-corrected chi connectivity index (χ3v) is 3.09. The van der Waals surface area contributed by atoms with Crippen molar-refractivity contribution < 1.29 is 18.6 Å².